The number of sulfonamides is 1. The zero-order chi connectivity index (χ0) is 19.8. The predicted octanol–water partition coefficient (Wildman–Crippen LogP) is 3.91. The van der Waals surface area contributed by atoms with Crippen molar-refractivity contribution in [3.05, 3.63) is 57.1 Å². The van der Waals surface area contributed by atoms with Crippen LogP contribution in [-0.2, 0) is 17.1 Å². The van der Waals surface area contributed by atoms with Gasteiger partial charge in [0.25, 0.3) is 15.9 Å². The van der Waals surface area contributed by atoms with Crippen molar-refractivity contribution in [2.45, 2.75) is 18.1 Å². The molecule has 0 atom stereocenters. The van der Waals surface area contributed by atoms with Crippen LogP contribution in [-0.4, -0.2) is 24.1 Å². The van der Waals surface area contributed by atoms with Crippen molar-refractivity contribution >= 4 is 54.6 Å². The number of aromatic nitrogens is 2. The molecule has 2 aromatic heterocycles. The molecule has 0 aliphatic rings. The summed E-state index contributed by atoms with van der Waals surface area (Å²) in [7, 11) is -1.85. The molecule has 0 bridgehead atoms. The summed E-state index contributed by atoms with van der Waals surface area (Å²) in [4.78, 5) is 12.5. The van der Waals surface area contributed by atoms with Gasteiger partial charge in [-0.1, -0.05) is 0 Å². The smallest absolute Gasteiger partial charge is 0.271 e. The molecule has 0 unspecified atom stereocenters. The predicted molar refractivity (Wildman–Crippen MR) is 110 cm³/mol. The van der Waals surface area contributed by atoms with Crippen LogP contribution in [0.4, 0.5) is 11.4 Å². The summed E-state index contributed by atoms with van der Waals surface area (Å²) in [6, 6.07) is 9.44. The molecule has 1 aromatic carbocycles. The van der Waals surface area contributed by atoms with Crippen LogP contribution in [0, 0.1) is 13.8 Å². The van der Waals surface area contributed by atoms with Crippen LogP contribution < -0.4 is 10.0 Å². The van der Waals surface area contributed by atoms with E-state index in [1.54, 1.807) is 35.0 Å². The summed E-state index contributed by atoms with van der Waals surface area (Å²) in [5.41, 5.74) is 3.06. The third kappa shape index (κ3) is 4.23. The number of anilines is 2. The fourth-order valence-corrected chi connectivity index (χ4v) is 5.55. The molecule has 0 saturated heterocycles. The molecule has 2 N–H and O–H groups in total. The van der Waals surface area contributed by atoms with Crippen LogP contribution >= 0.6 is 27.3 Å². The van der Waals surface area contributed by atoms with E-state index < -0.39 is 10.0 Å². The lowest BCUT2D eigenvalue weighted by Crippen LogP contribution is -2.14. The van der Waals surface area contributed by atoms with E-state index in [-0.39, 0.29) is 10.1 Å². The molecule has 2 heterocycles. The molecule has 3 aromatic rings. The maximum atomic E-state index is 12.5. The highest BCUT2D eigenvalue weighted by atomic mass is 79.9. The first-order valence-electron chi connectivity index (χ1n) is 7.87. The van der Waals surface area contributed by atoms with E-state index in [9.17, 15) is 13.2 Å². The molecule has 0 fully saturated rings. The Bertz CT molecular complexity index is 1100. The highest BCUT2D eigenvalue weighted by Crippen LogP contribution is 2.27. The fourth-order valence-electron chi connectivity index (χ4n) is 2.48. The molecule has 0 spiro atoms. The van der Waals surface area contributed by atoms with Gasteiger partial charge in [-0.2, -0.15) is 5.10 Å². The molecule has 1 amide bonds. The molecule has 3 rings (SSSR count). The Morgan fingerprint density at radius 1 is 1.15 bits per heavy atom. The van der Waals surface area contributed by atoms with Gasteiger partial charge in [0.1, 0.15) is 4.21 Å². The van der Waals surface area contributed by atoms with Crippen LogP contribution in [0.3, 0.4) is 0 Å². The fraction of sp³-hybridized carbons (Fsp3) is 0.176. The van der Waals surface area contributed by atoms with E-state index in [1.165, 1.54) is 6.07 Å². The summed E-state index contributed by atoms with van der Waals surface area (Å²) in [5, 5.41) is 7.11. The highest BCUT2D eigenvalue weighted by molar-refractivity contribution is 9.11. The Morgan fingerprint density at radius 2 is 1.81 bits per heavy atom. The number of nitrogens with one attached hydrogen (secondary N) is 2. The second-order valence-corrected chi connectivity index (χ2v) is 10.2. The monoisotopic (exact) mass is 468 g/mol. The molecule has 10 heteroatoms. The largest absolute Gasteiger partial charge is 0.319 e. The summed E-state index contributed by atoms with van der Waals surface area (Å²) in [5.74, 6) is -0.286. The number of halogens is 1. The lowest BCUT2D eigenvalue weighted by Gasteiger charge is -2.08. The number of benzene rings is 1. The van der Waals surface area contributed by atoms with Gasteiger partial charge in [0.2, 0.25) is 0 Å². The Kier molecular flexibility index (Phi) is 5.41. The zero-order valence-corrected chi connectivity index (χ0v) is 18.0. The van der Waals surface area contributed by atoms with E-state index in [4.69, 9.17) is 0 Å². The third-order valence-electron chi connectivity index (χ3n) is 3.96. The first kappa shape index (κ1) is 19.6. The average molecular weight is 469 g/mol. The van der Waals surface area contributed by atoms with Crippen LogP contribution in [0.5, 0.6) is 0 Å². The topological polar surface area (TPSA) is 93.1 Å². The Labute approximate surface area is 169 Å². The number of thiophene rings is 1. The lowest BCUT2D eigenvalue weighted by atomic mass is 10.2. The number of aryl methyl sites for hydroxylation is 2. The number of carbonyl (C=O) groups is 1. The minimum absolute atomic E-state index is 0.207. The third-order valence-corrected chi connectivity index (χ3v) is 7.46. The van der Waals surface area contributed by atoms with Crippen LogP contribution in [0.2, 0.25) is 0 Å². The van der Waals surface area contributed by atoms with E-state index in [2.05, 4.69) is 31.1 Å². The van der Waals surface area contributed by atoms with Crippen LogP contribution in [0.25, 0.3) is 0 Å². The molecule has 7 nitrogen and oxygen atoms in total. The number of rotatable bonds is 5. The SMILES string of the molecule is Cc1nn(C)c(C)c1NC(=O)c1ccc(NS(=O)(=O)c2ccc(Br)s2)cc1. The molecule has 0 aliphatic heterocycles. The van der Waals surface area contributed by atoms with Crippen molar-refractivity contribution in [1.29, 1.82) is 0 Å². The Morgan fingerprint density at radius 3 is 2.33 bits per heavy atom. The van der Waals surface area contributed by atoms with Gasteiger partial charge in [-0.25, -0.2) is 8.42 Å². The van der Waals surface area contributed by atoms with Crippen molar-refractivity contribution < 1.29 is 13.2 Å². The maximum absolute atomic E-state index is 12.5. The number of hydrogen-bond acceptors (Lipinski definition) is 5. The van der Waals surface area contributed by atoms with Gasteiger partial charge < -0.3 is 5.32 Å². The van der Waals surface area contributed by atoms with E-state index in [0.717, 1.165) is 26.5 Å². The standard InChI is InChI=1S/C17H17BrN4O3S2/c1-10-16(11(2)22(3)20-10)19-17(23)12-4-6-13(7-5-12)21-27(24,25)15-9-8-14(18)26-15/h4-9,21H,1-3H3,(H,19,23). The van der Waals surface area contributed by atoms with E-state index in [1.807, 2.05) is 20.9 Å². The van der Waals surface area contributed by atoms with E-state index >= 15 is 0 Å². The van der Waals surface area contributed by atoms with Crippen LogP contribution in [0.1, 0.15) is 21.7 Å². The maximum Gasteiger partial charge on any atom is 0.271 e. The second kappa shape index (κ2) is 7.45. The summed E-state index contributed by atoms with van der Waals surface area (Å²) >= 11 is 4.37. The van der Waals surface area contributed by atoms with Crippen molar-refractivity contribution in [2.24, 2.45) is 7.05 Å². The van der Waals surface area contributed by atoms with Gasteiger partial charge in [0, 0.05) is 18.3 Å². The van der Waals surface area contributed by atoms with Crippen molar-refractivity contribution in [2.75, 3.05) is 10.0 Å². The van der Waals surface area contributed by atoms with Crippen molar-refractivity contribution in [3.8, 4) is 0 Å². The number of hydrogen-bond donors (Lipinski definition) is 2. The number of amides is 1. The lowest BCUT2D eigenvalue weighted by molar-refractivity contribution is 0.102. The van der Waals surface area contributed by atoms with Gasteiger partial charge in [0.05, 0.1) is 20.9 Å². The minimum atomic E-state index is -3.66. The normalized spacial score (nSPS) is 11.4. The Balaban J connectivity index is 1.74. The summed E-state index contributed by atoms with van der Waals surface area (Å²) in [6.07, 6.45) is 0. The summed E-state index contributed by atoms with van der Waals surface area (Å²) < 4.78 is 29.8. The average Bonchev–Trinajstić information content (AvgIpc) is 3.15. The molecule has 142 valence electrons. The van der Waals surface area contributed by atoms with Gasteiger partial charge in [0.15, 0.2) is 0 Å². The number of nitrogens with zero attached hydrogens (tertiary/aromatic N) is 2. The first-order chi connectivity index (χ1) is 12.7. The molecule has 0 saturated carbocycles. The second-order valence-electron chi connectivity index (χ2n) is 5.86. The van der Waals surface area contributed by atoms with Crippen molar-refractivity contribution in [3.63, 3.8) is 0 Å². The van der Waals surface area contributed by atoms with Crippen molar-refractivity contribution in [1.82, 2.24) is 9.78 Å². The van der Waals surface area contributed by atoms with Crippen LogP contribution in [0.15, 0.2) is 44.4 Å². The zero-order valence-electron chi connectivity index (χ0n) is 14.8. The molecule has 27 heavy (non-hydrogen) atoms. The first-order valence-corrected chi connectivity index (χ1v) is 11.0. The minimum Gasteiger partial charge on any atom is -0.319 e. The highest BCUT2D eigenvalue weighted by Gasteiger charge is 2.17. The van der Waals surface area contributed by atoms with Gasteiger partial charge >= 0.3 is 0 Å². The van der Waals surface area contributed by atoms with Gasteiger partial charge in [-0.05, 0) is 66.2 Å². The van der Waals surface area contributed by atoms with Gasteiger partial charge in [-0.15, -0.1) is 11.3 Å². The molecular formula is C17H17BrN4O3S2. The Hall–Kier alpha value is -2.17. The molecule has 0 radical (unpaired) electrons. The summed E-state index contributed by atoms with van der Waals surface area (Å²) in [6.45, 7) is 3.69. The quantitative estimate of drug-likeness (QED) is 0.593. The number of carbonyl (C=O) groups excluding carboxylic acids is 1. The van der Waals surface area contributed by atoms with Gasteiger partial charge in [-0.3, -0.25) is 14.2 Å². The molecule has 0 aliphatic carbocycles. The molecular weight excluding hydrogens is 452 g/mol. The van der Waals surface area contributed by atoms with E-state index in [0.29, 0.717) is 16.9 Å².